The molecular formula is C9H8N2O2S. The van der Waals surface area contributed by atoms with E-state index in [4.69, 9.17) is 0 Å². The molecule has 0 aliphatic carbocycles. The third kappa shape index (κ3) is 1.58. The molecule has 0 bridgehead atoms. The van der Waals surface area contributed by atoms with Crippen LogP contribution in [0.15, 0.2) is 35.6 Å². The molecule has 0 saturated heterocycles. The van der Waals surface area contributed by atoms with Gasteiger partial charge in [0.2, 0.25) is 0 Å². The maximum absolute atomic E-state index is 11.2. The number of fused-ring (bicyclic) bond motifs is 1. The number of benzene rings is 1. The number of rotatable bonds is 1. The zero-order valence-electron chi connectivity index (χ0n) is 7.51. The number of nitrogens with zero attached hydrogens (tertiary/aromatic N) is 2. The molecule has 0 spiro atoms. The van der Waals surface area contributed by atoms with Crippen LogP contribution in [0, 0.1) is 0 Å². The smallest absolute Gasteiger partial charge is 0.175 e. The van der Waals surface area contributed by atoms with Crippen LogP contribution in [0.1, 0.15) is 0 Å². The Hall–Kier alpha value is -1.49. The second-order valence-electron chi connectivity index (χ2n) is 3.02. The van der Waals surface area contributed by atoms with Gasteiger partial charge in [0.05, 0.1) is 10.4 Å². The molecule has 4 nitrogen and oxygen atoms in total. The molecular weight excluding hydrogens is 200 g/mol. The van der Waals surface area contributed by atoms with Crippen molar-refractivity contribution < 1.29 is 8.42 Å². The molecule has 2 aromatic rings. The van der Waals surface area contributed by atoms with E-state index in [-0.39, 0.29) is 0 Å². The van der Waals surface area contributed by atoms with Gasteiger partial charge in [0, 0.05) is 17.8 Å². The van der Waals surface area contributed by atoms with Gasteiger partial charge in [0.15, 0.2) is 9.84 Å². The van der Waals surface area contributed by atoms with Crippen LogP contribution in [0.25, 0.3) is 10.9 Å². The van der Waals surface area contributed by atoms with Gasteiger partial charge >= 0.3 is 0 Å². The highest BCUT2D eigenvalue weighted by Crippen LogP contribution is 2.15. The first-order valence-electron chi connectivity index (χ1n) is 3.97. The van der Waals surface area contributed by atoms with E-state index in [2.05, 4.69) is 9.97 Å². The summed E-state index contributed by atoms with van der Waals surface area (Å²) in [5.41, 5.74) is 0.743. The monoisotopic (exact) mass is 208 g/mol. The highest BCUT2D eigenvalue weighted by atomic mass is 32.2. The summed E-state index contributed by atoms with van der Waals surface area (Å²) in [5, 5.41) is 0.732. The van der Waals surface area contributed by atoms with E-state index >= 15 is 0 Å². The van der Waals surface area contributed by atoms with Crippen molar-refractivity contribution in [3.63, 3.8) is 0 Å². The normalized spacial score (nSPS) is 11.8. The van der Waals surface area contributed by atoms with Crippen molar-refractivity contribution in [1.82, 2.24) is 9.97 Å². The van der Waals surface area contributed by atoms with Gasteiger partial charge in [0.1, 0.15) is 6.33 Å². The summed E-state index contributed by atoms with van der Waals surface area (Å²) in [4.78, 5) is 8.12. The lowest BCUT2D eigenvalue weighted by molar-refractivity contribution is 0.602. The lowest BCUT2D eigenvalue weighted by Crippen LogP contribution is -1.96. The lowest BCUT2D eigenvalue weighted by Gasteiger charge is -1.99. The molecule has 0 N–H and O–H groups in total. The third-order valence-electron chi connectivity index (χ3n) is 1.90. The summed E-state index contributed by atoms with van der Waals surface area (Å²) in [5.74, 6) is 0. The van der Waals surface area contributed by atoms with Gasteiger partial charge in [-0.3, -0.25) is 0 Å². The van der Waals surface area contributed by atoms with Crippen LogP contribution in [0.5, 0.6) is 0 Å². The minimum absolute atomic E-state index is 0.291. The van der Waals surface area contributed by atoms with Crippen LogP contribution in [0.4, 0.5) is 0 Å². The minimum Gasteiger partial charge on any atom is -0.244 e. The first-order valence-corrected chi connectivity index (χ1v) is 5.86. The topological polar surface area (TPSA) is 59.9 Å². The van der Waals surface area contributed by atoms with Crippen molar-refractivity contribution >= 4 is 20.7 Å². The van der Waals surface area contributed by atoms with Gasteiger partial charge in [-0.1, -0.05) is 0 Å². The molecule has 2 rings (SSSR count). The van der Waals surface area contributed by atoms with Gasteiger partial charge < -0.3 is 0 Å². The molecule has 1 heterocycles. The van der Waals surface area contributed by atoms with Crippen molar-refractivity contribution in [3.8, 4) is 0 Å². The summed E-state index contributed by atoms with van der Waals surface area (Å²) in [7, 11) is -3.15. The van der Waals surface area contributed by atoms with Crippen LogP contribution in [0.2, 0.25) is 0 Å². The van der Waals surface area contributed by atoms with Crippen molar-refractivity contribution in [1.29, 1.82) is 0 Å². The fourth-order valence-electron chi connectivity index (χ4n) is 1.19. The van der Waals surface area contributed by atoms with E-state index < -0.39 is 9.84 Å². The van der Waals surface area contributed by atoms with Gasteiger partial charge in [0.25, 0.3) is 0 Å². The molecule has 0 saturated carbocycles. The molecule has 72 valence electrons. The van der Waals surface area contributed by atoms with Crippen LogP contribution in [0.3, 0.4) is 0 Å². The Bertz CT molecular complexity index is 578. The van der Waals surface area contributed by atoms with E-state index in [1.807, 2.05) is 0 Å². The van der Waals surface area contributed by atoms with Crippen LogP contribution < -0.4 is 0 Å². The number of sulfone groups is 1. The molecule has 5 heteroatoms. The van der Waals surface area contributed by atoms with Crippen LogP contribution in [-0.2, 0) is 9.84 Å². The minimum atomic E-state index is -3.15. The summed E-state index contributed by atoms with van der Waals surface area (Å²) in [6.45, 7) is 0. The maximum atomic E-state index is 11.2. The predicted molar refractivity (Wildman–Crippen MR) is 52.6 cm³/mol. The van der Waals surface area contributed by atoms with Gasteiger partial charge in [-0.15, -0.1) is 0 Å². The van der Waals surface area contributed by atoms with E-state index in [1.165, 1.54) is 12.6 Å². The second-order valence-corrected chi connectivity index (χ2v) is 5.03. The summed E-state index contributed by atoms with van der Waals surface area (Å²) in [6.07, 6.45) is 4.21. The van der Waals surface area contributed by atoms with Crippen molar-refractivity contribution in [3.05, 3.63) is 30.7 Å². The Balaban J connectivity index is 2.75. The molecule has 14 heavy (non-hydrogen) atoms. The molecule has 0 aliphatic heterocycles. The number of hydrogen-bond acceptors (Lipinski definition) is 4. The first kappa shape index (κ1) is 9.08. The number of hydrogen-bond donors (Lipinski definition) is 0. The van der Waals surface area contributed by atoms with Crippen molar-refractivity contribution in [2.45, 2.75) is 4.90 Å². The first-order chi connectivity index (χ1) is 6.57. The largest absolute Gasteiger partial charge is 0.244 e. The highest BCUT2D eigenvalue weighted by Gasteiger charge is 2.07. The standard InChI is InChI=1S/C9H8N2O2S/c1-14(12,13)8-2-3-9-7(4-8)5-10-6-11-9/h2-6H,1H3. The van der Waals surface area contributed by atoms with E-state index in [9.17, 15) is 8.42 Å². The summed E-state index contributed by atoms with van der Waals surface area (Å²) in [6, 6.07) is 4.79. The molecule has 0 unspecified atom stereocenters. The molecule has 0 amide bonds. The van der Waals surface area contributed by atoms with Crippen molar-refractivity contribution in [2.24, 2.45) is 0 Å². The Labute approximate surface area is 81.5 Å². The molecule has 0 fully saturated rings. The molecule has 0 radical (unpaired) electrons. The lowest BCUT2D eigenvalue weighted by atomic mass is 10.2. The fraction of sp³-hybridized carbons (Fsp3) is 0.111. The molecule has 1 aromatic carbocycles. The second kappa shape index (κ2) is 3.02. The predicted octanol–water partition coefficient (Wildman–Crippen LogP) is 1.03. The Morgan fingerprint density at radius 1 is 1.29 bits per heavy atom. The number of aromatic nitrogens is 2. The summed E-state index contributed by atoms with van der Waals surface area (Å²) >= 11 is 0. The van der Waals surface area contributed by atoms with Crippen LogP contribution >= 0.6 is 0 Å². The van der Waals surface area contributed by atoms with Crippen LogP contribution in [-0.4, -0.2) is 24.6 Å². The van der Waals surface area contributed by atoms with Gasteiger partial charge in [-0.25, -0.2) is 18.4 Å². The Morgan fingerprint density at radius 2 is 2.07 bits per heavy atom. The van der Waals surface area contributed by atoms with E-state index in [1.54, 1.807) is 24.4 Å². The average Bonchev–Trinajstić information content (AvgIpc) is 2.16. The van der Waals surface area contributed by atoms with Gasteiger partial charge in [-0.2, -0.15) is 0 Å². The van der Waals surface area contributed by atoms with Gasteiger partial charge in [-0.05, 0) is 18.2 Å². The average molecular weight is 208 g/mol. The quantitative estimate of drug-likeness (QED) is 0.702. The molecule has 0 atom stereocenters. The fourth-order valence-corrected chi connectivity index (χ4v) is 1.85. The highest BCUT2D eigenvalue weighted by molar-refractivity contribution is 7.90. The maximum Gasteiger partial charge on any atom is 0.175 e. The SMILES string of the molecule is CS(=O)(=O)c1ccc2ncncc2c1. The third-order valence-corrected chi connectivity index (χ3v) is 3.01. The zero-order chi connectivity index (χ0) is 10.2. The Morgan fingerprint density at radius 3 is 2.79 bits per heavy atom. The zero-order valence-corrected chi connectivity index (χ0v) is 8.32. The summed E-state index contributed by atoms with van der Waals surface area (Å²) < 4.78 is 22.5. The molecule has 1 aromatic heterocycles. The van der Waals surface area contributed by atoms with Crippen molar-refractivity contribution in [2.75, 3.05) is 6.26 Å². The van der Waals surface area contributed by atoms with E-state index in [0.717, 1.165) is 10.9 Å². The Kier molecular flexibility index (Phi) is 1.96. The van der Waals surface area contributed by atoms with E-state index in [0.29, 0.717) is 4.90 Å². The molecule has 0 aliphatic rings.